The molecular formula is C9H6Br2S2. The summed E-state index contributed by atoms with van der Waals surface area (Å²) in [5.74, 6) is 0. The van der Waals surface area contributed by atoms with Crippen LogP contribution in [-0.4, -0.2) is 0 Å². The highest BCUT2D eigenvalue weighted by Gasteiger charge is 2.09. The Kier molecular flexibility index (Phi) is 3.03. The maximum absolute atomic E-state index is 4.45. The fourth-order valence-electron chi connectivity index (χ4n) is 1.25. The van der Waals surface area contributed by atoms with Crippen LogP contribution in [0.1, 0.15) is 5.56 Å². The molecule has 0 aliphatic carbocycles. The molecule has 1 heterocycles. The van der Waals surface area contributed by atoms with Crippen LogP contribution in [0.3, 0.4) is 0 Å². The minimum Gasteiger partial charge on any atom is -0.132 e. The lowest BCUT2D eigenvalue weighted by molar-refractivity contribution is 1.43. The highest BCUT2D eigenvalue weighted by molar-refractivity contribution is 9.10. The summed E-state index contributed by atoms with van der Waals surface area (Å²) < 4.78 is 3.53. The van der Waals surface area contributed by atoms with Gasteiger partial charge in [-0.25, -0.2) is 0 Å². The Hall–Kier alpha value is 0.490. The molecule has 0 aliphatic heterocycles. The topological polar surface area (TPSA) is 0 Å². The van der Waals surface area contributed by atoms with Gasteiger partial charge in [-0.2, -0.15) is 0 Å². The molecule has 4 heteroatoms. The third kappa shape index (κ3) is 1.69. The zero-order valence-corrected chi connectivity index (χ0v) is 11.4. The third-order valence-corrected chi connectivity index (χ3v) is 4.99. The molecule has 0 atom stereocenters. The summed E-state index contributed by atoms with van der Waals surface area (Å²) >= 11 is 13.2. The van der Waals surface area contributed by atoms with Crippen molar-refractivity contribution < 1.29 is 0 Å². The largest absolute Gasteiger partial charge is 0.132 e. The average Bonchev–Trinajstić information content (AvgIpc) is 2.43. The van der Waals surface area contributed by atoms with Crippen LogP contribution in [0.4, 0.5) is 0 Å². The van der Waals surface area contributed by atoms with E-state index in [1.807, 2.05) is 0 Å². The van der Waals surface area contributed by atoms with E-state index >= 15 is 0 Å². The van der Waals surface area contributed by atoms with Crippen molar-refractivity contribution in [1.29, 1.82) is 0 Å². The smallest absolute Gasteiger partial charge is 0.0621 e. The summed E-state index contributed by atoms with van der Waals surface area (Å²) in [6.07, 6.45) is 0. The summed E-state index contributed by atoms with van der Waals surface area (Å²) in [4.78, 5) is 0. The normalized spacial score (nSPS) is 11.0. The van der Waals surface area contributed by atoms with Crippen LogP contribution in [0.2, 0.25) is 0 Å². The number of hydrogen-bond donors (Lipinski definition) is 1. The summed E-state index contributed by atoms with van der Waals surface area (Å²) in [6, 6.07) is 6.25. The summed E-state index contributed by atoms with van der Waals surface area (Å²) in [5.41, 5.74) is 1.28. The van der Waals surface area contributed by atoms with E-state index in [1.165, 1.54) is 15.6 Å². The standard InChI is InChI=1S/C9H6Br2S2/c10-4-6-5-2-1-3-7(11)8(5)13-9(6)12/h1-3,12H,4H2. The van der Waals surface area contributed by atoms with E-state index in [0.29, 0.717) is 0 Å². The first-order valence-corrected chi connectivity index (χ1v) is 6.86. The molecule has 68 valence electrons. The van der Waals surface area contributed by atoms with Crippen molar-refractivity contribution in [3.8, 4) is 0 Å². The van der Waals surface area contributed by atoms with Crippen LogP contribution in [0, 0.1) is 0 Å². The van der Waals surface area contributed by atoms with E-state index < -0.39 is 0 Å². The molecule has 13 heavy (non-hydrogen) atoms. The van der Waals surface area contributed by atoms with Crippen molar-refractivity contribution >= 4 is 65.9 Å². The number of thiophene rings is 1. The first-order chi connectivity index (χ1) is 6.24. The molecule has 0 N–H and O–H groups in total. The number of fused-ring (bicyclic) bond motifs is 1. The Morgan fingerprint density at radius 1 is 1.38 bits per heavy atom. The molecule has 1 aromatic carbocycles. The van der Waals surface area contributed by atoms with Gasteiger partial charge in [0.15, 0.2) is 0 Å². The first-order valence-electron chi connectivity index (χ1n) is 3.69. The van der Waals surface area contributed by atoms with Gasteiger partial charge in [0.25, 0.3) is 0 Å². The van der Waals surface area contributed by atoms with E-state index in [0.717, 1.165) is 14.0 Å². The summed E-state index contributed by atoms with van der Waals surface area (Å²) in [6.45, 7) is 0. The minimum atomic E-state index is 0.863. The lowest BCUT2D eigenvalue weighted by Crippen LogP contribution is -1.74. The molecule has 2 aromatic rings. The summed E-state index contributed by atoms with van der Waals surface area (Å²) in [5, 5.41) is 2.16. The molecule has 2 rings (SSSR count). The molecule has 0 radical (unpaired) electrons. The molecule has 0 fully saturated rings. The molecular weight excluding hydrogens is 332 g/mol. The summed E-state index contributed by atoms with van der Waals surface area (Å²) in [7, 11) is 0. The number of rotatable bonds is 1. The second-order valence-electron chi connectivity index (χ2n) is 2.64. The van der Waals surface area contributed by atoms with Crippen molar-refractivity contribution in [2.75, 3.05) is 0 Å². The van der Waals surface area contributed by atoms with Gasteiger partial charge in [0.2, 0.25) is 0 Å². The van der Waals surface area contributed by atoms with Crippen molar-refractivity contribution in [3.05, 3.63) is 28.2 Å². The Morgan fingerprint density at radius 3 is 2.85 bits per heavy atom. The molecule has 0 bridgehead atoms. The van der Waals surface area contributed by atoms with Crippen LogP contribution in [0.5, 0.6) is 0 Å². The Bertz CT molecular complexity index is 448. The first kappa shape index (κ1) is 10.0. The zero-order chi connectivity index (χ0) is 9.42. The van der Waals surface area contributed by atoms with Gasteiger partial charge in [0.05, 0.1) is 4.21 Å². The van der Waals surface area contributed by atoms with E-state index in [1.54, 1.807) is 11.3 Å². The van der Waals surface area contributed by atoms with Gasteiger partial charge in [-0.3, -0.25) is 0 Å². The number of halogens is 2. The van der Waals surface area contributed by atoms with Crippen molar-refractivity contribution in [1.82, 2.24) is 0 Å². The fourth-order valence-corrected chi connectivity index (χ4v) is 4.29. The molecule has 0 saturated heterocycles. The molecule has 0 aliphatic rings. The predicted molar refractivity (Wildman–Crippen MR) is 69.4 cm³/mol. The average molecular weight is 338 g/mol. The molecule has 0 saturated carbocycles. The highest BCUT2D eigenvalue weighted by Crippen LogP contribution is 2.38. The quantitative estimate of drug-likeness (QED) is 0.558. The third-order valence-electron chi connectivity index (χ3n) is 1.88. The fraction of sp³-hybridized carbons (Fsp3) is 0.111. The van der Waals surface area contributed by atoms with E-state index in [9.17, 15) is 0 Å². The molecule has 0 nitrogen and oxygen atoms in total. The lowest BCUT2D eigenvalue weighted by Gasteiger charge is -1.94. The number of alkyl halides is 1. The Morgan fingerprint density at radius 2 is 2.15 bits per heavy atom. The molecule has 1 aromatic heterocycles. The van der Waals surface area contributed by atoms with E-state index in [-0.39, 0.29) is 0 Å². The predicted octanol–water partition coefficient (Wildman–Crippen LogP) is 4.85. The lowest BCUT2D eigenvalue weighted by atomic mass is 10.2. The molecule has 0 unspecified atom stereocenters. The van der Waals surface area contributed by atoms with E-state index in [4.69, 9.17) is 0 Å². The second kappa shape index (κ2) is 3.93. The second-order valence-corrected chi connectivity index (χ2v) is 5.82. The Labute approximate surface area is 103 Å². The van der Waals surface area contributed by atoms with Gasteiger partial charge in [-0.15, -0.1) is 24.0 Å². The van der Waals surface area contributed by atoms with Gasteiger partial charge in [0.1, 0.15) is 0 Å². The van der Waals surface area contributed by atoms with Gasteiger partial charge in [-0.1, -0.05) is 28.1 Å². The van der Waals surface area contributed by atoms with Gasteiger partial charge in [0, 0.05) is 14.5 Å². The van der Waals surface area contributed by atoms with E-state index in [2.05, 4.69) is 62.7 Å². The number of benzene rings is 1. The van der Waals surface area contributed by atoms with Gasteiger partial charge in [-0.05, 0) is 32.9 Å². The molecule has 0 spiro atoms. The van der Waals surface area contributed by atoms with Crippen LogP contribution in [0.15, 0.2) is 26.9 Å². The van der Waals surface area contributed by atoms with Crippen molar-refractivity contribution in [3.63, 3.8) is 0 Å². The highest BCUT2D eigenvalue weighted by atomic mass is 79.9. The van der Waals surface area contributed by atoms with Crippen molar-refractivity contribution in [2.45, 2.75) is 9.54 Å². The van der Waals surface area contributed by atoms with Crippen LogP contribution in [0.25, 0.3) is 10.1 Å². The zero-order valence-electron chi connectivity index (χ0n) is 6.55. The van der Waals surface area contributed by atoms with Gasteiger partial charge >= 0.3 is 0 Å². The SMILES string of the molecule is Sc1sc2c(Br)cccc2c1CBr. The van der Waals surface area contributed by atoms with Crippen molar-refractivity contribution in [2.24, 2.45) is 0 Å². The number of hydrogen-bond acceptors (Lipinski definition) is 2. The number of thiol groups is 1. The van der Waals surface area contributed by atoms with Crippen LogP contribution < -0.4 is 0 Å². The Balaban J connectivity index is 2.86. The monoisotopic (exact) mass is 336 g/mol. The molecule has 0 amide bonds. The van der Waals surface area contributed by atoms with Crippen LogP contribution in [-0.2, 0) is 5.33 Å². The van der Waals surface area contributed by atoms with Gasteiger partial charge < -0.3 is 0 Å². The maximum Gasteiger partial charge on any atom is 0.0621 e. The minimum absolute atomic E-state index is 0.863. The van der Waals surface area contributed by atoms with Crippen LogP contribution >= 0.6 is 55.8 Å². The maximum atomic E-state index is 4.45.